The van der Waals surface area contributed by atoms with Crippen LogP contribution in [0.3, 0.4) is 0 Å². The fraction of sp³-hybridized carbons (Fsp3) is 0.190. The standard InChI is InChI=1S/C21H18F2N4O3/c1-11-8-13(22)4-5-16(11)26-10-27(17-6-7-18(28)24-12(17)2)21(29)14-9-15(23)20(30-3)25-19(14)26/h4-9H,10H2,1-3H3,(H,24,28). The van der Waals surface area contributed by atoms with Gasteiger partial charge in [-0.2, -0.15) is 4.98 Å². The van der Waals surface area contributed by atoms with Crippen molar-refractivity contribution < 1.29 is 18.3 Å². The van der Waals surface area contributed by atoms with E-state index in [4.69, 9.17) is 4.74 Å². The van der Waals surface area contributed by atoms with Crippen LogP contribution in [0.25, 0.3) is 0 Å². The Kier molecular flexibility index (Phi) is 4.73. The van der Waals surface area contributed by atoms with Crippen LogP contribution in [0.5, 0.6) is 5.88 Å². The van der Waals surface area contributed by atoms with E-state index in [1.54, 1.807) is 24.8 Å². The van der Waals surface area contributed by atoms with E-state index in [1.807, 2.05) is 0 Å². The number of hydrogen-bond acceptors (Lipinski definition) is 5. The lowest BCUT2D eigenvalue weighted by molar-refractivity contribution is 0.0982. The van der Waals surface area contributed by atoms with Crippen molar-refractivity contribution in [3.63, 3.8) is 0 Å². The summed E-state index contributed by atoms with van der Waals surface area (Å²) in [5.41, 5.74) is 1.87. The summed E-state index contributed by atoms with van der Waals surface area (Å²) < 4.78 is 33.1. The van der Waals surface area contributed by atoms with Gasteiger partial charge in [0.15, 0.2) is 11.6 Å². The van der Waals surface area contributed by atoms with Gasteiger partial charge in [0.05, 0.1) is 18.4 Å². The number of aryl methyl sites for hydroxylation is 2. The molecule has 30 heavy (non-hydrogen) atoms. The lowest BCUT2D eigenvalue weighted by Gasteiger charge is -2.38. The molecule has 3 heterocycles. The van der Waals surface area contributed by atoms with E-state index >= 15 is 0 Å². The van der Waals surface area contributed by atoms with E-state index in [0.717, 1.165) is 6.07 Å². The molecule has 9 heteroatoms. The Morgan fingerprint density at radius 2 is 1.77 bits per heavy atom. The minimum Gasteiger partial charge on any atom is -0.479 e. The maximum atomic E-state index is 14.4. The Labute approximate surface area is 170 Å². The zero-order valence-corrected chi connectivity index (χ0v) is 16.5. The summed E-state index contributed by atoms with van der Waals surface area (Å²) in [5, 5.41) is 0. The number of aromatic nitrogens is 2. The highest BCUT2D eigenvalue weighted by molar-refractivity contribution is 6.12. The summed E-state index contributed by atoms with van der Waals surface area (Å²) >= 11 is 0. The molecule has 1 N–H and O–H groups in total. The van der Waals surface area contributed by atoms with Crippen molar-refractivity contribution in [2.75, 3.05) is 23.6 Å². The maximum absolute atomic E-state index is 14.4. The average Bonchev–Trinajstić information content (AvgIpc) is 2.69. The minimum absolute atomic E-state index is 0.0208. The fourth-order valence-electron chi connectivity index (χ4n) is 3.55. The molecule has 0 saturated heterocycles. The molecule has 0 radical (unpaired) electrons. The van der Waals surface area contributed by atoms with Crippen LogP contribution in [0.4, 0.5) is 26.0 Å². The molecular formula is C21H18F2N4O3. The SMILES string of the molecule is COc1nc2c(cc1F)C(=O)N(c1ccc(=O)[nH]c1C)CN2c1ccc(F)cc1C. The summed E-state index contributed by atoms with van der Waals surface area (Å²) in [6.45, 7) is 3.41. The quantitative estimate of drug-likeness (QED) is 0.713. The molecule has 0 unspecified atom stereocenters. The first-order valence-corrected chi connectivity index (χ1v) is 9.10. The Morgan fingerprint density at radius 1 is 1.03 bits per heavy atom. The number of hydrogen-bond donors (Lipinski definition) is 1. The lowest BCUT2D eigenvalue weighted by atomic mass is 10.1. The number of carbonyl (C=O) groups is 1. The van der Waals surface area contributed by atoms with Crippen molar-refractivity contribution in [2.24, 2.45) is 0 Å². The molecule has 0 spiro atoms. The highest BCUT2D eigenvalue weighted by Crippen LogP contribution is 2.38. The van der Waals surface area contributed by atoms with Gasteiger partial charge < -0.3 is 14.6 Å². The molecule has 1 aliphatic rings. The van der Waals surface area contributed by atoms with Crippen molar-refractivity contribution in [1.29, 1.82) is 0 Å². The molecule has 7 nitrogen and oxygen atoms in total. The Balaban J connectivity index is 1.94. The summed E-state index contributed by atoms with van der Waals surface area (Å²) in [7, 11) is 1.28. The van der Waals surface area contributed by atoms with Gasteiger partial charge in [0.2, 0.25) is 5.56 Å². The molecule has 0 atom stereocenters. The van der Waals surface area contributed by atoms with Gasteiger partial charge in [-0.15, -0.1) is 0 Å². The molecular weight excluding hydrogens is 394 g/mol. The molecule has 1 amide bonds. The third kappa shape index (κ3) is 3.18. The van der Waals surface area contributed by atoms with E-state index in [2.05, 4.69) is 9.97 Å². The number of aromatic amines is 1. The Morgan fingerprint density at radius 3 is 2.43 bits per heavy atom. The van der Waals surface area contributed by atoms with Crippen LogP contribution < -0.4 is 20.1 Å². The van der Waals surface area contributed by atoms with Crippen LogP contribution in [0.1, 0.15) is 21.6 Å². The normalized spacial score (nSPS) is 13.4. The smallest absolute Gasteiger partial charge is 0.263 e. The number of nitrogens with zero attached hydrogens (tertiary/aromatic N) is 3. The lowest BCUT2D eigenvalue weighted by Crippen LogP contribution is -2.46. The fourth-order valence-corrected chi connectivity index (χ4v) is 3.55. The van der Waals surface area contributed by atoms with Crippen molar-refractivity contribution in [1.82, 2.24) is 9.97 Å². The molecule has 2 aromatic heterocycles. The van der Waals surface area contributed by atoms with Crippen molar-refractivity contribution >= 4 is 23.1 Å². The van der Waals surface area contributed by atoms with Gasteiger partial charge in [-0.3, -0.25) is 14.5 Å². The predicted molar refractivity (Wildman–Crippen MR) is 107 cm³/mol. The number of amides is 1. The highest BCUT2D eigenvalue weighted by atomic mass is 19.1. The van der Waals surface area contributed by atoms with Gasteiger partial charge >= 0.3 is 0 Å². The number of pyridine rings is 2. The molecule has 0 bridgehead atoms. The first-order chi connectivity index (χ1) is 14.3. The van der Waals surface area contributed by atoms with Crippen LogP contribution in [0, 0.1) is 25.5 Å². The number of fused-ring (bicyclic) bond motifs is 1. The number of H-pyrrole nitrogens is 1. The third-order valence-corrected chi connectivity index (χ3v) is 4.96. The predicted octanol–water partition coefficient (Wildman–Crippen LogP) is 3.43. The Bertz CT molecular complexity index is 1230. The van der Waals surface area contributed by atoms with Crippen LogP contribution >= 0.6 is 0 Å². The maximum Gasteiger partial charge on any atom is 0.263 e. The molecule has 1 aliphatic heterocycles. The molecule has 4 rings (SSSR count). The van der Waals surface area contributed by atoms with Gasteiger partial charge in [0, 0.05) is 17.4 Å². The van der Waals surface area contributed by atoms with E-state index in [9.17, 15) is 18.4 Å². The van der Waals surface area contributed by atoms with Crippen molar-refractivity contribution in [3.05, 3.63) is 75.2 Å². The largest absolute Gasteiger partial charge is 0.479 e. The summed E-state index contributed by atoms with van der Waals surface area (Å²) in [4.78, 5) is 34.8. The summed E-state index contributed by atoms with van der Waals surface area (Å²) in [5.74, 6) is -1.71. The summed E-state index contributed by atoms with van der Waals surface area (Å²) in [6.07, 6.45) is 0. The molecule has 1 aromatic carbocycles. The zero-order valence-electron chi connectivity index (χ0n) is 16.5. The number of anilines is 3. The molecule has 0 saturated carbocycles. The Hall–Kier alpha value is -3.75. The number of rotatable bonds is 3. The second-order valence-corrected chi connectivity index (χ2v) is 6.92. The van der Waals surface area contributed by atoms with E-state index < -0.39 is 17.5 Å². The van der Waals surface area contributed by atoms with E-state index in [0.29, 0.717) is 22.6 Å². The zero-order chi connectivity index (χ0) is 21.6. The number of carbonyl (C=O) groups excluding carboxylic acids is 1. The first kappa shape index (κ1) is 19.6. The average molecular weight is 412 g/mol. The topological polar surface area (TPSA) is 78.5 Å². The first-order valence-electron chi connectivity index (χ1n) is 9.10. The van der Waals surface area contributed by atoms with Crippen molar-refractivity contribution in [3.8, 4) is 5.88 Å². The highest BCUT2D eigenvalue weighted by Gasteiger charge is 2.35. The molecule has 154 valence electrons. The third-order valence-electron chi connectivity index (χ3n) is 4.96. The van der Waals surface area contributed by atoms with Crippen LogP contribution in [-0.4, -0.2) is 29.7 Å². The number of ether oxygens (including phenoxy) is 1. The van der Waals surface area contributed by atoms with Crippen LogP contribution in [-0.2, 0) is 0 Å². The van der Waals surface area contributed by atoms with Crippen LogP contribution in [0.15, 0.2) is 41.2 Å². The number of halogens is 2. The monoisotopic (exact) mass is 412 g/mol. The summed E-state index contributed by atoms with van der Waals surface area (Å²) in [6, 6.07) is 8.14. The van der Waals surface area contributed by atoms with Crippen LogP contribution in [0.2, 0.25) is 0 Å². The van der Waals surface area contributed by atoms with Gasteiger partial charge in [0.25, 0.3) is 11.8 Å². The number of methoxy groups -OCH3 is 1. The van der Waals surface area contributed by atoms with E-state index in [-0.39, 0.29) is 29.5 Å². The molecule has 0 aliphatic carbocycles. The van der Waals surface area contributed by atoms with E-state index in [1.165, 1.54) is 36.3 Å². The minimum atomic E-state index is -0.777. The van der Waals surface area contributed by atoms with Gasteiger partial charge in [-0.1, -0.05) is 0 Å². The van der Waals surface area contributed by atoms with Gasteiger partial charge in [-0.05, 0) is 49.7 Å². The second-order valence-electron chi connectivity index (χ2n) is 6.92. The van der Waals surface area contributed by atoms with Gasteiger partial charge in [0.1, 0.15) is 12.5 Å². The van der Waals surface area contributed by atoms with Crippen molar-refractivity contribution in [2.45, 2.75) is 13.8 Å². The number of nitrogens with one attached hydrogen (secondary N) is 1. The van der Waals surface area contributed by atoms with Gasteiger partial charge in [-0.25, -0.2) is 8.78 Å². The second kappa shape index (κ2) is 7.25. The molecule has 0 fully saturated rings. The molecule has 3 aromatic rings. The number of benzene rings is 1.